The van der Waals surface area contributed by atoms with Gasteiger partial charge in [0.2, 0.25) is 0 Å². The molecule has 0 spiro atoms. The van der Waals surface area contributed by atoms with Gasteiger partial charge in [-0.2, -0.15) is 0 Å². The first-order valence-corrected chi connectivity index (χ1v) is 7.25. The van der Waals surface area contributed by atoms with Crippen LogP contribution < -0.4 is 5.73 Å². The van der Waals surface area contributed by atoms with Crippen molar-refractivity contribution in [2.45, 2.75) is 26.2 Å². The number of hydrogen-bond donors (Lipinski definition) is 1. The zero-order valence-electron chi connectivity index (χ0n) is 10.7. The molecule has 0 atom stereocenters. The van der Waals surface area contributed by atoms with E-state index in [0.29, 0.717) is 6.54 Å². The maximum Gasteiger partial charge on any atom is 0.122 e. The monoisotopic (exact) mass is 320 g/mol. The van der Waals surface area contributed by atoms with Crippen LogP contribution in [0.5, 0.6) is 0 Å². The molecule has 0 fully saturated rings. The molecule has 0 radical (unpaired) electrons. The molecule has 3 rings (SSSR count). The fourth-order valence-electron chi connectivity index (χ4n) is 2.45. The minimum Gasteiger partial charge on any atom is -0.333 e. The molecule has 1 aliphatic rings. The van der Waals surface area contributed by atoms with Crippen LogP contribution in [-0.2, 0) is 26.2 Å². The van der Waals surface area contributed by atoms with Gasteiger partial charge < -0.3 is 10.3 Å². The summed E-state index contributed by atoms with van der Waals surface area (Å²) >= 11 is 3.64. The SMILES string of the molecule is NCc1ccc(CN2CCn3ccnc3C2)c(Br)c1. The van der Waals surface area contributed by atoms with Crippen LogP contribution in [0.4, 0.5) is 0 Å². The van der Waals surface area contributed by atoms with Gasteiger partial charge in [-0.15, -0.1) is 0 Å². The molecule has 4 nitrogen and oxygen atoms in total. The third kappa shape index (κ3) is 2.73. The standard InChI is InChI=1S/C14H17BrN4/c15-13-7-11(8-16)1-2-12(13)9-18-5-6-19-4-3-17-14(19)10-18/h1-4,7H,5-6,8-10,16H2. The largest absolute Gasteiger partial charge is 0.333 e. The Labute approximate surface area is 121 Å². The van der Waals surface area contributed by atoms with Crippen LogP contribution in [0.2, 0.25) is 0 Å². The summed E-state index contributed by atoms with van der Waals surface area (Å²) in [5, 5.41) is 0. The fraction of sp³-hybridized carbons (Fsp3) is 0.357. The summed E-state index contributed by atoms with van der Waals surface area (Å²) in [6, 6.07) is 6.37. The van der Waals surface area contributed by atoms with Gasteiger partial charge in [0.05, 0.1) is 6.54 Å². The minimum absolute atomic E-state index is 0.583. The molecule has 0 unspecified atom stereocenters. The molecule has 2 heterocycles. The fourth-order valence-corrected chi connectivity index (χ4v) is 3.00. The Balaban J connectivity index is 1.73. The van der Waals surface area contributed by atoms with Crippen molar-refractivity contribution in [1.29, 1.82) is 0 Å². The second-order valence-electron chi connectivity index (χ2n) is 4.88. The molecule has 100 valence electrons. The molecule has 1 aromatic carbocycles. The minimum atomic E-state index is 0.583. The summed E-state index contributed by atoms with van der Waals surface area (Å²) in [7, 11) is 0. The number of rotatable bonds is 3. The molecule has 2 aromatic rings. The second kappa shape index (κ2) is 5.45. The lowest BCUT2D eigenvalue weighted by Crippen LogP contribution is -2.33. The average molecular weight is 321 g/mol. The Morgan fingerprint density at radius 3 is 3.00 bits per heavy atom. The number of nitrogens with two attached hydrogens (primary N) is 1. The summed E-state index contributed by atoms with van der Waals surface area (Å²) < 4.78 is 3.37. The molecule has 0 saturated carbocycles. The van der Waals surface area contributed by atoms with Crippen LogP contribution in [-0.4, -0.2) is 21.0 Å². The quantitative estimate of drug-likeness (QED) is 0.942. The van der Waals surface area contributed by atoms with Gasteiger partial charge in [0.1, 0.15) is 5.82 Å². The van der Waals surface area contributed by atoms with Crippen LogP contribution in [0.25, 0.3) is 0 Å². The van der Waals surface area contributed by atoms with Crippen molar-refractivity contribution in [3.63, 3.8) is 0 Å². The molecule has 0 saturated heterocycles. The summed E-state index contributed by atoms with van der Waals surface area (Å²) in [6.45, 7) is 4.53. The van der Waals surface area contributed by atoms with E-state index < -0.39 is 0 Å². The predicted molar refractivity (Wildman–Crippen MR) is 78.4 cm³/mol. The lowest BCUT2D eigenvalue weighted by Gasteiger charge is -2.27. The summed E-state index contributed by atoms with van der Waals surface area (Å²) in [6.07, 6.45) is 3.93. The Morgan fingerprint density at radius 1 is 1.32 bits per heavy atom. The van der Waals surface area contributed by atoms with Crippen LogP contribution in [0.3, 0.4) is 0 Å². The maximum atomic E-state index is 5.65. The zero-order valence-corrected chi connectivity index (χ0v) is 12.3. The maximum absolute atomic E-state index is 5.65. The highest BCUT2D eigenvalue weighted by Crippen LogP contribution is 2.22. The lowest BCUT2D eigenvalue weighted by atomic mass is 10.1. The van der Waals surface area contributed by atoms with Gasteiger partial charge in [0.25, 0.3) is 0 Å². The number of imidazole rings is 1. The number of halogens is 1. The van der Waals surface area contributed by atoms with E-state index in [1.54, 1.807) is 0 Å². The van der Waals surface area contributed by atoms with Crippen molar-refractivity contribution >= 4 is 15.9 Å². The van der Waals surface area contributed by atoms with Gasteiger partial charge in [0, 0.05) is 43.0 Å². The van der Waals surface area contributed by atoms with E-state index in [4.69, 9.17) is 5.73 Å². The topological polar surface area (TPSA) is 47.1 Å². The molecule has 0 amide bonds. The van der Waals surface area contributed by atoms with Gasteiger partial charge in [0.15, 0.2) is 0 Å². The van der Waals surface area contributed by atoms with E-state index in [9.17, 15) is 0 Å². The second-order valence-corrected chi connectivity index (χ2v) is 5.73. The summed E-state index contributed by atoms with van der Waals surface area (Å²) in [5.74, 6) is 1.15. The normalized spacial score (nSPS) is 15.5. The van der Waals surface area contributed by atoms with Gasteiger partial charge in [-0.1, -0.05) is 28.1 Å². The molecule has 0 aliphatic carbocycles. The lowest BCUT2D eigenvalue weighted by molar-refractivity contribution is 0.208. The van der Waals surface area contributed by atoms with E-state index in [1.165, 1.54) is 5.56 Å². The van der Waals surface area contributed by atoms with Crippen molar-refractivity contribution in [1.82, 2.24) is 14.5 Å². The van der Waals surface area contributed by atoms with Crippen LogP contribution >= 0.6 is 15.9 Å². The first kappa shape index (κ1) is 12.8. The Morgan fingerprint density at radius 2 is 2.21 bits per heavy atom. The number of hydrogen-bond acceptors (Lipinski definition) is 3. The number of fused-ring (bicyclic) bond motifs is 1. The van der Waals surface area contributed by atoms with Crippen molar-refractivity contribution in [2.75, 3.05) is 6.54 Å². The van der Waals surface area contributed by atoms with Gasteiger partial charge >= 0.3 is 0 Å². The molecule has 2 N–H and O–H groups in total. The molecule has 5 heteroatoms. The summed E-state index contributed by atoms with van der Waals surface area (Å²) in [5.41, 5.74) is 8.11. The van der Waals surface area contributed by atoms with Crippen LogP contribution in [0.1, 0.15) is 17.0 Å². The third-order valence-electron chi connectivity index (χ3n) is 3.57. The molecule has 0 bridgehead atoms. The number of aromatic nitrogens is 2. The number of benzene rings is 1. The molecule has 1 aromatic heterocycles. The molecular formula is C14H17BrN4. The first-order valence-electron chi connectivity index (χ1n) is 6.46. The van der Waals surface area contributed by atoms with Crippen molar-refractivity contribution in [3.05, 3.63) is 52.0 Å². The van der Waals surface area contributed by atoms with E-state index in [1.807, 2.05) is 6.20 Å². The zero-order chi connectivity index (χ0) is 13.2. The smallest absolute Gasteiger partial charge is 0.122 e. The molecule has 1 aliphatic heterocycles. The predicted octanol–water partition coefficient (Wildman–Crippen LogP) is 2.12. The summed E-state index contributed by atoms with van der Waals surface area (Å²) in [4.78, 5) is 6.81. The highest BCUT2D eigenvalue weighted by Gasteiger charge is 2.17. The van der Waals surface area contributed by atoms with E-state index in [0.717, 1.165) is 42.0 Å². The van der Waals surface area contributed by atoms with Crippen molar-refractivity contribution < 1.29 is 0 Å². The molecule has 19 heavy (non-hydrogen) atoms. The van der Waals surface area contributed by atoms with E-state index >= 15 is 0 Å². The van der Waals surface area contributed by atoms with Gasteiger partial charge in [-0.25, -0.2) is 4.98 Å². The highest BCUT2D eigenvalue weighted by molar-refractivity contribution is 9.10. The van der Waals surface area contributed by atoms with E-state index in [-0.39, 0.29) is 0 Å². The van der Waals surface area contributed by atoms with Gasteiger partial charge in [-0.3, -0.25) is 4.90 Å². The van der Waals surface area contributed by atoms with Crippen LogP contribution in [0.15, 0.2) is 35.1 Å². The average Bonchev–Trinajstić information content (AvgIpc) is 2.88. The van der Waals surface area contributed by atoms with Gasteiger partial charge in [-0.05, 0) is 17.2 Å². The van der Waals surface area contributed by atoms with Crippen molar-refractivity contribution in [3.8, 4) is 0 Å². The van der Waals surface area contributed by atoms with Crippen LogP contribution in [0, 0.1) is 0 Å². The highest BCUT2D eigenvalue weighted by atomic mass is 79.9. The Hall–Kier alpha value is -1.17. The van der Waals surface area contributed by atoms with Crippen molar-refractivity contribution in [2.24, 2.45) is 5.73 Å². The number of nitrogens with zero attached hydrogens (tertiary/aromatic N) is 3. The Kier molecular flexibility index (Phi) is 3.68. The molecular weight excluding hydrogens is 304 g/mol. The van der Waals surface area contributed by atoms with E-state index in [2.05, 4.69) is 54.8 Å². The Bertz CT molecular complexity index is 579. The third-order valence-corrected chi connectivity index (χ3v) is 4.31. The first-order chi connectivity index (χ1) is 9.26.